The van der Waals surface area contributed by atoms with Gasteiger partial charge >= 0.3 is 0 Å². The fraction of sp³-hybridized carbons (Fsp3) is 0. The number of nitrogens with zero attached hydrogens (tertiary/aromatic N) is 1. The van der Waals surface area contributed by atoms with Crippen LogP contribution in [0.25, 0.3) is 5.57 Å². The Hall–Kier alpha value is -3.37. The smallest absolute Gasteiger partial charge is 0.282 e. The van der Waals surface area contributed by atoms with Crippen LogP contribution in [-0.4, -0.2) is 11.8 Å². The van der Waals surface area contributed by atoms with Crippen molar-refractivity contribution >= 4 is 40.4 Å². The minimum Gasteiger partial charge on any atom is -0.350 e. The van der Waals surface area contributed by atoms with Crippen LogP contribution in [-0.2, 0) is 9.59 Å². The summed E-state index contributed by atoms with van der Waals surface area (Å²) in [5, 5.41) is 3.58. The zero-order valence-corrected chi connectivity index (χ0v) is 15.0. The molecule has 0 spiro atoms. The molecular weight excluding hydrogens is 360 g/mol. The third-order valence-electron chi connectivity index (χ3n) is 4.26. The highest BCUT2D eigenvalue weighted by Gasteiger charge is 2.40. The first kappa shape index (κ1) is 17.1. The van der Waals surface area contributed by atoms with Crippen LogP contribution in [0.1, 0.15) is 5.56 Å². The number of anilines is 2. The summed E-state index contributed by atoms with van der Waals surface area (Å²) in [4.78, 5) is 27.5. The average molecular weight is 375 g/mol. The van der Waals surface area contributed by atoms with Crippen LogP contribution in [0.15, 0.2) is 90.6 Å². The van der Waals surface area contributed by atoms with Crippen molar-refractivity contribution in [2.75, 3.05) is 10.2 Å². The number of nitrogens with one attached hydrogen (secondary N) is 1. The van der Waals surface area contributed by atoms with Gasteiger partial charge in [-0.05, 0) is 35.9 Å². The van der Waals surface area contributed by atoms with E-state index in [1.807, 2.05) is 60.7 Å². The lowest BCUT2D eigenvalue weighted by Crippen LogP contribution is -2.32. The monoisotopic (exact) mass is 374 g/mol. The minimum absolute atomic E-state index is 0.248. The molecule has 1 aliphatic heterocycles. The molecule has 4 rings (SSSR count). The van der Waals surface area contributed by atoms with Crippen molar-refractivity contribution in [3.05, 3.63) is 101 Å². The second kappa shape index (κ2) is 7.09. The normalized spacial score (nSPS) is 14.0. The van der Waals surface area contributed by atoms with Crippen LogP contribution < -0.4 is 10.2 Å². The van der Waals surface area contributed by atoms with Crippen molar-refractivity contribution in [1.82, 2.24) is 0 Å². The molecular formula is C22H15ClN2O2. The number of rotatable bonds is 4. The molecule has 0 saturated heterocycles. The molecule has 0 fully saturated rings. The number of carbonyl (C=O) groups is 2. The number of halogens is 1. The molecule has 3 aromatic rings. The molecule has 1 heterocycles. The van der Waals surface area contributed by atoms with Crippen molar-refractivity contribution in [2.24, 2.45) is 0 Å². The molecule has 4 nitrogen and oxygen atoms in total. The van der Waals surface area contributed by atoms with Crippen molar-refractivity contribution in [1.29, 1.82) is 0 Å². The highest BCUT2D eigenvalue weighted by molar-refractivity contribution is 6.46. The summed E-state index contributed by atoms with van der Waals surface area (Å²) in [6, 6.07) is 25.2. The van der Waals surface area contributed by atoms with Crippen molar-refractivity contribution in [3.8, 4) is 0 Å². The van der Waals surface area contributed by atoms with E-state index in [0.29, 0.717) is 21.8 Å². The van der Waals surface area contributed by atoms with Crippen LogP contribution >= 0.6 is 11.6 Å². The quantitative estimate of drug-likeness (QED) is 0.671. The second-order valence-corrected chi connectivity index (χ2v) is 6.47. The summed E-state index contributed by atoms with van der Waals surface area (Å²) in [5.74, 6) is -0.795. The number of hydrogen-bond acceptors (Lipinski definition) is 3. The van der Waals surface area contributed by atoms with E-state index in [2.05, 4.69) is 5.32 Å². The maximum Gasteiger partial charge on any atom is 0.282 e. The Labute approximate surface area is 161 Å². The third kappa shape index (κ3) is 3.23. The second-order valence-electron chi connectivity index (χ2n) is 6.03. The maximum atomic E-state index is 13.2. The minimum atomic E-state index is -0.412. The zero-order chi connectivity index (χ0) is 18.8. The first-order valence-corrected chi connectivity index (χ1v) is 8.79. The third-order valence-corrected chi connectivity index (χ3v) is 4.49. The Morgan fingerprint density at radius 3 is 2.07 bits per heavy atom. The predicted molar refractivity (Wildman–Crippen MR) is 107 cm³/mol. The largest absolute Gasteiger partial charge is 0.350 e. The van der Waals surface area contributed by atoms with Gasteiger partial charge in [-0.2, -0.15) is 0 Å². The summed E-state index contributed by atoms with van der Waals surface area (Å²) < 4.78 is 0. The molecule has 0 atom stereocenters. The molecule has 0 radical (unpaired) electrons. The SMILES string of the molecule is O=C1C(Nc2ccccc2)=C(c2ccccc2)C(=O)N1c1cccc(Cl)c1. The van der Waals surface area contributed by atoms with Gasteiger partial charge in [0.15, 0.2) is 0 Å². The molecule has 5 heteroatoms. The van der Waals surface area contributed by atoms with Gasteiger partial charge in [0.2, 0.25) is 0 Å². The molecule has 1 N–H and O–H groups in total. The molecule has 0 saturated carbocycles. The van der Waals surface area contributed by atoms with Crippen molar-refractivity contribution in [3.63, 3.8) is 0 Å². The molecule has 1 aliphatic rings. The Kier molecular flexibility index (Phi) is 4.48. The topological polar surface area (TPSA) is 49.4 Å². The van der Waals surface area contributed by atoms with E-state index in [-0.39, 0.29) is 11.6 Å². The molecule has 0 bridgehead atoms. The van der Waals surface area contributed by atoms with Crippen molar-refractivity contribution < 1.29 is 9.59 Å². The first-order chi connectivity index (χ1) is 13.1. The van der Waals surface area contributed by atoms with E-state index in [4.69, 9.17) is 11.6 Å². The van der Waals surface area contributed by atoms with Gasteiger partial charge in [0.1, 0.15) is 5.70 Å². The first-order valence-electron chi connectivity index (χ1n) is 8.41. The van der Waals surface area contributed by atoms with Crippen LogP contribution in [0.5, 0.6) is 0 Å². The van der Waals surface area contributed by atoms with E-state index in [1.54, 1.807) is 24.3 Å². The fourth-order valence-electron chi connectivity index (χ4n) is 3.03. The molecule has 3 aromatic carbocycles. The van der Waals surface area contributed by atoms with Gasteiger partial charge in [0.05, 0.1) is 11.3 Å². The van der Waals surface area contributed by atoms with E-state index in [0.717, 1.165) is 10.6 Å². The van der Waals surface area contributed by atoms with Gasteiger partial charge < -0.3 is 5.32 Å². The van der Waals surface area contributed by atoms with Crippen LogP contribution in [0.2, 0.25) is 5.02 Å². The Balaban J connectivity index is 1.83. The van der Waals surface area contributed by atoms with Gasteiger partial charge in [-0.15, -0.1) is 0 Å². The summed E-state index contributed by atoms with van der Waals surface area (Å²) in [6.07, 6.45) is 0. The summed E-state index contributed by atoms with van der Waals surface area (Å²) in [6.45, 7) is 0. The lowest BCUT2D eigenvalue weighted by Gasteiger charge is -2.15. The molecule has 0 aliphatic carbocycles. The molecule has 0 aromatic heterocycles. The maximum absolute atomic E-state index is 13.2. The van der Waals surface area contributed by atoms with Crippen LogP contribution in [0.3, 0.4) is 0 Å². The summed E-state index contributed by atoms with van der Waals surface area (Å²) in [5.41, 5.74) is 2.44. The molecule has 2 amide bonds. The molecule has 0 unspecified atom stereocenters. The van der Waals surface area contributed by atoms with E-state index >= 15 is 0 Å². The zero-order valence-electron chi connectivity index (χ0n) is 14.2. The Morgan fingerprint density at radius 1 is 0.741 bits per heavy atom. The number of carbonyl (C=O) groups excluding carboxylic acids is 2. The van der Waals surface area contributed by atoms with E-state index in [9.17, 15) is 9.59 Å². The highest BCUT2D eigenvalue weighted by Crippen LogP contribution is 2.34. The number of amides is 2. The Morgan fingerprint density at radius 2 is 1.41 bits per heavy atom. The summed E-state index contributed by atoms with van der Waals surface area (Å²) >= 11 is 6.06. The number of para-hydroxylation sites is 1. The fourth-order valence-corrected chi connectivity index (χ4v) is 3.22. The van der Waals surface area contributed by atoms with E-state index < -0.39 is 5.91 Å². The van der Waals surface area contributed by atoms with Crippen LogP contribution in [0, 0.1) is 0 Å². The molecule has 132 valence electrons. The van der Waals surface area contributed by atoms with E-state index in [1.165, 1.54) is 0 Å². The average Bonchev–Trinajstić information content (AvgIpc) is 2.93. The van der Waals surface area contributed by atoms with Gasteiger partial charge in [0, 0.05) is 10.7 Å². The number of imide groups is 1. The van der Waals surface area contributed by atoms with Gasteiger partial charge in [-0.1, -0.05) is 66.2 Å². The lowest BCUT2D eigenvalue weighted by atomic mass is 10.0. The molecule has 27 heavy (non-hydrogen) atoms. The highest BCUT2D eigenvalue weighted by atomic mass is 35.5. The standard InChI is InChI=1S/C22H15ClN2O2/c23-16-10-7-13-18(14-16)25-21(26)19(15-8-3-1-4-9-15)20(22(25)27)24-17-11-5-2-6-12-17/h1-14,24H. The van der Waals surface area contributed by atoms with Crippen LogP contribution in [0.4, 0.5) is 11.4 Å². The van der Waals surface area contributed by atoms with Gasteiger partial charge in [0.25, 0.3) is 11.8 Å². The number of hydrogen-bond donors (Lipinski definition) is 1. The predicted octanol–water partition coefficient (Wildman–Crippen LogP) is 4.74. The Bertz CT molecular complexity index is 1050. The number of benzene rings is 3. The lowest BCUT2D eigenvalue weighted by molar-refractivity contribution is -0.120. The van der Waals surface area contributed by atoms with Gasteiger partial charge in [-0.25, -0.2) is 4.90 Å². The van der Waals surface area contributed by atoms with Crippen molar-refractivity contribution in [2.45, 2.75) is 0 Å². The summed E-state index contributed by atoms with van der Waals surface area (Å²) in [7, 11) is 0. The van der Waals surface area contributed by atoms with Gasteiger partial charge in [-0.3, -0.25) is 9.59 Å².